The van der Waals surface area contributed by atoms with Gasteiger partial charge >= 0.3 is 0 Å². The Balaban J connectivity index is 2.21. The van der Waals surface area contributed by atoms with Crippen LogP contribution in [0.5, 0.6) is 0 Å². The number of hydrogen-bond acceptors (Lipinski definition) is 1. The van der Waals surface area contributed by atoms with Crippen molar-refractivity contribution in [3.05, 3.63) is 73.8 Å². The van der Waals surface area contributed by atoms with Gasteiger partial charge in [-0.1, -0.05) is 70.1 Å². The first-order valence-electron chi connectivity index (χ1n) is 6.53. The Hall–Kier alpha value is -0.960. The van der Waals surface area contributed by atoms with Gasteiger partial charge in [0.1, 0.15) is 5.15 Å². The van der Waals surface area contributed by atoms with E-state index in [4.69, 9.17) is 58.0 Å². The molecule has 0 atom stereocenters. The van der Waals surface area contributed by atoms with Crippen molar-refractivity contribution in [2.24, 2.45) is 0 Å². The van der Waals surface area contributed by atoms with E-state index in [0.29, 0.717) is 30.9 Å². The normalized spacial score (nSPS) is 10.8. The first-order chi connectivity index (χ1) is 11.0. The minimum absolute atomic E-state index is 0.384. The standard InChI is InChI=1S/C17H8Cl5N/c18-12-4-1-9(7-14(12)20)11-3-6-16(22)23-17(11)10-2-5-13(19)15(21)8-10/h1-8H. The van der Waals surface area contributed by atoms with Crippen LogP contribution in [-0.4, -0.2) is 4.98 Å². The summed E-state index contributed by atoms with van der Waals surface area (Å²) in [6.45, 7) is 0. The van der Waals surface area contributed by atoms with Gasteiger partial charge in [0.05, 0.1) is 25.8 Å². The lowest BCUT2D eigenvalue weighted by Gasteiger charge is -2.11. The molecule has 0 amide bonds. The van der Waals surface area contributed by atoms with Crippen LogP contribution in [-0.2, 0) is 0 Å². The lowest BCUT2D eigenvalue weighted by Crippen LogP contribution is -1.90. The molecule has 2 aromatic carbocycles. The molecule has 6 heteroatoms. The molecular weight excluding hydrogens is 395 g/mol. The van der Waals surface area contributed by atoms with Crippen molar-refractivity contribution < 1.29 is 0 Å². The van der Waals surface area contributed by atoms with Gasteiger partial charge in [-0.3, -0.25) is 0 Å². The molecule has 1 aromatic heterocycles. The van der Waals surface area contributed by atoms with Gasteiger partial charge in [-0.25, -0.2) is 4.98 Å². The summed E-state index contributed by atoms with van der Waals surface area (Å²) >= 11 is 30.3. The zero-order chi connectivity index (χ0) is 16.6. The summed E-state index contributed by atoms with van der Waals surface area (Å²) in [6, 6.07) is 14.3. The summed E-state index contributed by atoms with van der Waals surface area (Å²) in [5.41, 5.74) is 3.24. The fourth-order valence-electron chi connectivity index (χ4n) is 2.20. The van der Waals surface area contributed by atoms with Crippen LogP contribution in [0.25, 0.3) is 22.4 Å². The maximum absolute atomic E-state index is 6.12. The van der Waals surface area contributed by atoms with Gasteiger partial charge in [-0.05, 0) is 42.0 Å². The lowest BCUT2D eigenvalue weighted by molar-refractivity contribution is 1.32. The Morgan fingerprint density at radius 2 is 1.13 bits per heavy atom. The average molecular weight is 404 g/mol. The SMILES string of the molecule is Clc1ccc(-c2ccc(Cl)c(Cl)c2)c(-c2ccc(Cl)c(Cl)c2)n1. The van der Waals surface area contributed by atoms with E-state index < -0.39 is 0 Å². The van der Waals surface area contributed by atoms with Crippen molar-refractivity contribution >= 4 is 58.0 Å². The van der Waals surface area contributed by atoms with E-state index in [9.17, 15) is 0 Å². The molecule has 3 aromatic rings. The van der Waals surface area contributed by atoms with Crippen molar-refractivity contribution in [3.63, 3.8) is 0 Å². The molecule has 0 saturated heterocycles. The predicted octanol–water partition coefficient (Wildman–Crippen LogP) is 7.68. The zero-order valence-corrected chi connectivity index (χ0v) is 15.2. The van der Waals surface area contributed by atoms with E-state index in [-0.39, 0.29) is 0 Å². The molecule has 0 aliphatic heterocycles. The smallest absolute Gasteiger partial charge is 0.129 e. The third-order valence-electron chi connectivity index (χ3n) is 3.28. The Kier molecular flexibility index (Phi) is 5.05. The topological polar surface area (TPSA) is 12.9 Å². The maximum Gasteiger partial charge on any atom is 0.129 e. The number of pyridine rings is 1. The molecule has 0 spiro atoms. The minimum Gasteiger partial charge on any atom is -0.235 e. The molecule has 0 saturated carbocycles. The van der Waals surface area contributed by atoms with Gasteiger partial charge in [0.25, 0.3) is 0 Å². The van der Waals surface area contributed by atoms with Crippen LogP contribution < -0.4 is 0 Å². The highest BCUT2D eigenvalue weighted by molar-refractivity contribution is 6.42. The molecule has 0 radical (unpaired) electrons. The Morgan fingerprint density at radius 1 is 0.565 bits per heavy atom. The maximum atomic E-state index is 6.12. The van der Waals surface area contributed by atoms with Gasteiger partial charge in [0.15, 0.2) is 0 Å². The number of aromatic nitrogens is 1. The van der Waals surface area contributed by atoms with Crippen LogP contribution in [0.2, 0.25) is 25.2 Å². The van der Waals surface area contributed by atoms with E-state index in [1.807, 2.05) is 18.2 Å². The number of benzene rings is 2. The molecule has 23 heavy (non-hydrogen) atoms. The van der Waals surface area contributed by atoms with Crippen LogP contribution >= 0.6 is 58.0 Å². The second-order valence-electron chi connectivity index (χ2n) is 4.79. The Bertz CT molecular complexity index is 892. The van der Waals surface area contributed by atoms with E-state index in [1.165, 1.54) is 0 Å². The minimum atomic E-state index is 0.384. The molecular formula is C17H8Cl5N. The van der Waals surface area contributed by atoms with E-state index in [0.717, 1.165) is 16.7 Å². The summed E-state index contributed by atoms with van der Waals surface area (Å²) < 4.78 is 0. The third kappa shape index (κ3) is 3.60. The molecule has 0 bridgehead atoms. The summed E-state index contributed by atoms with van der Waals surface area (Å²) in [4.78, 5) is 4.43. The number of hydrogen-bond donors (Lipinski definition) is 0. The number of nitrogens with zero attached hydrogens (tertiary/aromatic N) is 1. The molecule has 1 nitrogen and oxygen atoms in total. The first kappa shape index (κ1) is 16.9. The fourth-order valence-corrected chi connectivity index (χ4v) is 2.94. The Morgan fingerprint density at radius 3 is 1.74 bits per heavy atom. The van der Waals surface area contributed by atoms with Crippen LogP contribution in [0.3, 0.4) is 0 Å². The number of halogens is 5. The van der Waals surface area contributed by atoms with Gasteiger partial charge in [0, 0.05) is 11.1 Å². The quantitative estimate of drug-likeness (QED) is 0.400. The summed E-state index contributed by atoms with van der Waals surface area (Å²) in [6.07, 6.45) is 0. The Labute approximate surface area is 158 Å². The zero-order valence-electron chi connectivity index (χ0n) is 11.5. The summed E-state index contributed by atoms with van der Waals surface area (Å²) in [7, 11) is 0. The molecule has 0 aliphatic carbocycles. The van der Waals surface area contributed by atoms with Gasteiger partial charge in [-0.15, -0.1) is 0 Å². The molecule has 0 aliphatic rings. The summed E-state index contributed by atoms with van der Waals surface area (Å²) in [5, 5.41) is 2.28. The average Bonchev–Trinajstić information content (AvgIpc) is 2.53. The largest absolute Gasteiger partial charge is 0.235 e. The highest BCUT2D eigenvalue weighted by atomic mass is 35.5. The molecule has 3 rings (SSSR count). The molecule has 116 valence electrons. The van der Waals surface area contributed by atoms with E-state index >= 15 is 0 Å². The second-order valence-corrected chi connectivity index (χ2v) is 6.80. The van der Waals surface area contributed by atoms with Crippen molar-refractivity contribution in [1.82, 2.24) is 4.98 Å². The van der Waals surface area contributed by atoms with E-state index in [2.05, 4.69) is 4.98 Å². The molecule has 0 unspecified atom stereocenters. The predicted molar refractivity (Wildman–Crippen MR) is 100 cm³/mol. The van der Waals surface area contributed by atoms with Crippen LogP contribution in [0.4, 0.5) is 0 Å². The lowest BCUT2D eigenvalue weighted by atomic mass is 9.99. The second kappa shape index (κ2) is 6.88. The van der Waals surface area contributed by atoms with Gasteiger partial charge in [0.2, 0.25) is 0 Å². The summed E-state index contributed by atoms with van der Waals surface area (Å²) in [5.74, 6) is 0. The van der Waals surface area contributed by atoms with Crippen LogP contribution in [0, 0.1) is 0 Å². The highest BCUT2D eigenvalue weighted by Gasteiger charge is 2.13. The molecule has 0 N–H and O–H groups in total. The highest BCUT2D eigenvalue weighted by Crippen LogP contribution is 2.36. The van der Waals surface area contributed by atoms with Crippen LogP contribution in [0.15, 0.2) is 48.5 Å². The fraction of sp³-hybridized carbons (Fsp3) is 0. The first-order valence-corrected chi connectivity index (χ1v) is 8.42. The number of rotatable bonds is 2. The van der Waals surface area contributed by atoms with Crippen molar-refractivity contribution in [2.45, 2.75) is 0 Å². The van der Waals surface area contributed by atoms with Crippen molar-refractivity contribution in [3.8, 4) is 22.4 Å². The monoisotopic (exact) mass is 401 g/mol. The van der Waals surface area contributed by atoms with Gasteiger partial charge < -0.3 is 0 Å². The van der Waals surface area contributed by atoms with Crippen molar-refractivity contribution in [2.75, 3.05) is 0 Å². The molecule has 1 heterocycles. The van der Waals surface area contributed by atoms with Gasteiger partial charge in [-0.2, -0.15) is 0 Å². The van der Waals surface area contributed by atoms with E-state index in [1.54, 1.807) is 30.3 Å². The van der Waals surface area contributed by atoms with Crippen molar-refractivity contribution in [1.29, 1.82) is 0 Å². The van der Waals surface area contributed by atoms with Crippen LogP contribution in [0.1, 0.15) is 0 Å². The third-order valence-corrected chi connectivity index (χ3v) is 4.97. The molecule has 0 fully saturated rings.